The van der Waals surface area contributed by atoms with E-state index in [2.05, 4.69) is 26.6 Å². The summed E-state index contributed by atoms with van der Waals surface area (Å²) in [6.45, 7) is 9.69. The summed E-state index contributed by atoms with van der Waals surface area (Å²) in [5.41, 5.74) is 0.547. The fraction of sp³-hybridized carbons (Fsp3) is 1.00. The molecular formula is C10H21ClSi. The lowest BCUT2D eigenvalue weighted by Gasteiger charge is -2.48. The van der Waals surface area contributed by atoms with Gasteiger partial charge in [-0.25, -0.2) is 0 Å². The number of halogens is 1. The normalized spacial score (nSPS) is 36.2. The monoisotopic (exact) mass is 204 g/mol. The van der Waals surface area contributed by atoms with Crippen molar-refractivity contribution in [2.45, 2.75) is 45.5 Å². The van der Waals surface area contributed by atoms with Gasteiger partial charge in [-0.3, -0.25) is 0 Å². The molecule has 0 nitrogen and oxygen atoms in total. The molecule has 0 saturated heterocycles. The smallest absolute Gasteiger partial charge is 0.0448 e. The molecule has 0 bridgehead atoms. The van der Waals surface area contributed by atoms with Crippen molar-refractivity contribution in [3.05, 3.63) is 0 Å². The second kappa shape index (κ2) is 3.34. The molecule has 72 valence electrons. The Bertz CT molecular complexity index is 154. The van der Waals surface area contributed by atoms with E-state index in [1.54, 1.807) is 0 Å². The molecule has 0 unspecified atom stereocenters. The molecule has 0 spiro atoms. The molecule has 0 amide bonds. The molecule has 0 aliphatic heterocycles. The first-order chi connectivity index (χ1) is 5.37. The lowest BCUT2D eigenvalue weighted by Crippen LogP contribution is -2.43. The third-order valence-corrected chi connectivity index (χ3v) is 5.13. The predicted octanol–water partition coefficient (Wildman–Crippen LogP) is 3.98. The van der Waals surface area contributed by atoms with Gasteiger partial charge in [0.25, 0.3) is 0 Å². The molecule has 0 heterocycles. The van der Waals surface area contributed by atoms with Crippen LogP contribution in [0.15, 0.2) is 0 Å². The largest absolute Gasteiger partial charge is 0.126 e. The molecule has 0 aromatic carbocycles. The Hall–Kier alpha value is 0.507. The molecule has 1 fully saturated rings. The van der Waals surface area contributed by atoms with Crippen molar-refractivity contribution in [3.63, 3.8) is 0 Å². The molecule has 0 aromatic heterocycles. The third kappa shape index (κ3) is 2.50. The Morgan fingerprint density at radius 3 is 2.08 bits per heavy atom. The Balaban J connectivity index is 2.48. The summed E-state index contributed by atoms with van der Waals surface area (Å²) in [5.74, 6) is 1.82. The van der Waals surface area contributed by atoms with Crippen LogP contribution < -0.4 is 0 Å². The first-order valence-electron chi connectivity index (χ1n) is 4.93. The van der Waals surface area contributed by atoms with E-state index in [-0.39, 0.29) is 0 Å². The zero-order valence-corrected chi connectivity index (χ0v) is 10.5. The molecule has 12 heavy (non-hydrogen) atoms. The van der Waals surface area contributed by atoms with E-state index in [0.717, 1.165) is 11.8 Å². The van der Waals surface area contributed by atoms with Gasteiger partial charge in [-0.1, -0.05) is 32.6 Å². The van der Waals surface area contributed by atoms with Crippen molar-refractivity contribution in [1.29, 1.82) is 0 Å². The highest BCUT2D eigenvalue weighted by Gasteiger charge is 2.43. The van der Waals surface area contributed by atoms with Crippen molar-refractivity contribution < 1.29 is 0 Å². The van der Waals surface area contributed by atoms with E-state index in [1.807, 2.05) is 0 Å². The van der Waals surface area contributed by atoms with Crippen molar-refractivity contribution in [3.8, 4) is 0 Å². The number of rotatable bonds is 3. The van der Waals surface area contributed by atoms with Gasteiger partial charge in [0.05, 0.1) is 0 Å². The maximum Gasteiger partial charge on any atom is 0.0448 e. The van der Waals surface area contributed by atoms with Gasteiger partial charge in [0, 0.05) is 14.0 Å². The average molecular weight is 205 g/mol. The minimum Gasteiger partial charge on any atom is -0.126 e. The van der Waals surface area contributed by atoms with Crippen LogP contribution in [-0.4, -0.2) is 14.0 Å². The van der Waals surface area contributed by atoms with E-state index in [0.29, 0.717) is 5.41 Å². The van der Waals surface area contributed by atoms with Crippen LogP contribution in [0.25, 0.3) is 0 Å². The van der Waals surface area contributed by atoms with Crippen molar-refractivity contribution in [2.24, 2.45) is 11.3 Å². The lowest BCUT2D eigenvalue weighted by atomic mass is 9.65. The van der Waals surface area contributed by atoms with E-state index in [1.165, 1.54) is 18.9 Å². The van der Waals surface area contributed by atoms with E-state index in [4.69, 9.17) is 11.6 Å². The Kier molecular flexibility index (Phi) is 2.95. The molecule has 0 radical (unpaired) electrons. The molecule has 1 saturated carbocycles. The first kappa shape index (κ1) is 10.6. The Morgan fingerprint density at radius 2 is 1.83 bits per heavy atom. The van der Waals surface area contributed by atoms with Crippen LogP contribution in [0.2, 0.25) is 25.7 Å². The maximum atomic E-state index is 6.05. The van der Waals surface area contributed by atoms with Crippen LogP contribution in [0.5, 0.6) is 0 Å². The second-order valence-electron chi connectivity index (χ2n) is 5.88. The maximum absolute atomic E-state index is 6.05. The van der Waals surface area contributed by atoms with Crippen molar-refractivity contribution in [1.82, 2.24) is 0 Å². The predicted molar refractivity (Wildman–Crippen MR) is 59.7 cm³/mol. The van der Waals surface area contributed by atoms with Crippen LogP contribution in [0.1, 0.15) is 19.8 Å². The topological polar surface area (TPSA) is 0 Å². The summed E-state index contributed by atoms with van der Waals surface area (Å²) >= 11 is 6.05. The fourth-order valence-electron chi connectivity index (χ4n) is 2.84. The molecule has 0 atom stereocenters. The van der Waals surface area contributed by atoms with E-state index < -0.39 is 8.07 Å². The highest BCUT2D eigenvalue weighted by molar-refractivity contribution is 6.76. The highest BCUT2D eigenvalue weighted by Crippen LogP contribution is 2.51. The van der Waals surface area contributed by atoms with Gasteiger partial charge in [-0.2, -0.15) is 0 Å². The molecule has 0 aromatic rings. The van der Waals surface area contributed by atoms with E-state index in [9.17, 15) is 0 Å². The van der Waals surface area contributed by atoms with Crippen LogP contribution in [0.3, 0.4) is 0 Å². The summed E-state index contributed by atoms with van der Waals surface area (Å²) in [6, 6.07) is 1.42. The van der Waals surface area contributed by atoms with Crippen LogP contribution in [0.4, 0.5) is 0 Å². The van der Waals surface area contributed by atoms with Gasteiger partial charge in [0.15, 0.2) is 0 Å². The fourth-order valence-corrected chi connectivity index (χ4v) is 5.98. The summed E-state index contributed by atoms with van der Waals surface area (Å²) < 4.78 is 0. The summed E-state index contributed by atoms with van der Waals surface area (Å²) in [4.78, 5) is 0. The SMILES string of the molecule is CC1CC(CCl)(C[Si](C)(C)C)C1. The number of hydrogen-bond acceptors (Lipinski definition) is 0. The molecule has 2 heteroatoms. The average Bonchev–Trinajstić information content (AvgIpc) is 1.80. The molecule has 1 aliphatic carbocycles. The summed E-state index contributed by atoms with van der Waals surface area (Å²) in [6.07, 6.45) is 2.75. The summed E-state index contributed by atoms with van der Waals surface area (Å²) in [7, 11) is -0.897. The van der Waals surface area contributed by atoms with Gasteiger partial charge in [0.1, 0.15) is 0 Å². The second-order valence-corrected chi connectivity index (χ2v) is 11.6. The zero-order chi connectivity index (χ0) is 9.41. The lowest BCUT2D eigenvalue weighted by molar-refractivity contribution is 0.113. The molecule has 0 N–H and O–H groups in total. The van der Waals surface area contributed by atoms with Crippen LogP contribution in [0, 0.1) is 11.3 Å². The zero-order valence-electron chi connectivity index (χ0n) is 8.78. The third-order valence-electron chi connectivity index (χ3n) is 2.75. The number of alkyl halides is 1. The number of hydrogen-bond donors (Lipinski definition) is 0. The van der Waals surface area contributed by atoms with Gasteiger partial charge in [-0.15, -0.1) is 11.6 Å². The minimum absolute atomic E-state index is 0.547. The molecular weight excluding hydrogens is 184 g/mol. The van der Waals surface area contributed by atoms with Crippen molar-refractivity contribution >= 4 is 19.7 Å². The molecule has 1 aliphatic rings. The van der Waals surface area contributed by atoms with Gasteiger partial charge >= 0.3 is 0 Å². The quantitative estimate of drug-likeness (QED) is 0.482. The first-order valence-corrected chi connectivity index (χ1v) is 9.17. The summed E-state index contributed by atoms with van der Waals surface area (Å²) in [5, 5.41) is 0. The van der Waals surface area contributed by atoms with Crippen LogP contribution >= 0.6 is 11.6 Å². The van der Waals surface area contributed by atoms with Gasteiger partial charge in [0.2, 0.25) is 0 Å². The van der Waals surface area contributed by atoms with Gasteiger partial charge in [-0.05, 0) is 24.2 Å². The van der Waals surface area contributed by atoms with Gasteiger partial charge < -0.3 is 0 Å². The minimum atomic E-state index is -0.897. The highest BCUT2D eigenvalue weighted by atomic mass is 35.5. The van der Waals surface area contributed by atoms with E-state index >= 15 is 0 Å². The Labute approximate surface area is 82.7 Å². The van der Waals surface area contributed by atoms with Crippen molar-refractivity contribution in [2.75, 3.05) is 5.88 Å². The molecule has 1 rings (SSSR count). The van der Waals surface area contributed by atoms with Crippen LogP contribution in [-0.2, 0) is 0 Å². The standard InChI is InChI=1S/C10H21ClSi/c1-9-5-10(6-9,7-11)8-12(2,3)4/h9H,5-8H2,1-4H3. The Morgan fingerprint density at radius 1 is 1.33 bits per heavy atom.